The number of hydrogen-bond acceptors (Lipinski definition) is 7. The maximum Gasteiger partial charge on any atom is 0.340 e. The van der Waals surface area contributed by atoms with Crippen molar-refractivity contribution in [3.05, 3.63) is 71.7 Å². The third-order valence-corrected chi connectivity index (χ3v) is 6.09. The van der Waals surface area contributed by atoms with E-state index in [2.05, 4.69) is 64.4 Å². The van der Waals surface area contributed by atoms with Gasteiger partial charge in [-0.3, -0.25) is 4.98 Å². The third kappa shape index (κ3) is 4.92. The van der Waals surface area contributed by atoms with Crippen molar-refractivity contribution in [3.63, 3.8) is 0 Å². The van der Waals surface area contributed by atoms with E-state index in [9.17, 15) is 4.79 Å². The van der Waals surface area contributed by atoms with Gasteiger partial charge in [0.25, 0.3) is 0 Å². The van der Waals surface area contributed by atoms with Crippen molar-refractivity contribution in [2.45, 2.75) is 32.1 Å². The Hall–Kier alpha value is -3.61. The minimum atomic E-state index is -0.380. The van der Waals surface area contributed by atoms with Crippen LogP contribution in [0, 0.1) is 0 Å². The Morgan fingerprint density at radius 1 is 1.24 bits per heavy atom. The van der Waals surface area contributed by atoms with Gasteiger partial charge in [0, 0.05) is 43.7 Å². The van der Waals surface area contributed by atoms with Gasteiger partial charge < -0.3 is 19.7 Å². The van der Waals surface area contributed by atoms with E-state index >= 15 is 0 Å². The number of pyridine rings is 2. The lowest BCUT2D eigenvalue weighted by Gasteiger charge is -2.28. The first kappa shape index (κ1) is 22.6. The summed E-state index contributed by atoms with van der Waals surface area (Å²) in [5.74, 6) is 2.10. The molecular weight excluding hydrogens is 416 g/mol. The van der Waals surface area contributed by atoms with Crippen LogP contribution in [0.15, 0.2) is 55.0 Å². The molecule has 1 aliphatic rings. The van der Waals surface area contributed by atoms with Crippen molar-refractivity contribution in [3.8, 4) is 5.75 Å². The van der Waals surface area contributed by atoms with Gasteiger partial charge in [-0.15, -0.1) is 0 Å². The highest BCUT2D eigenvalue weighted by atomic mass is 16.5. The second kappa shape index (κ2) is 9.90. The molecule has 0 bridgehead atoms. The Balaban J connectivity index is 1.50. The Morgan fingerprint density at radius 3 is 2.82 bits per heavy atom. The zero-order valence-corrected chi connectivity index (χ0v) is 19.5. The molecule has 3 aromatic rings. The Morgan fingerprint density at radius 2 is 2.09 bits per heavy atom. The van der Waals surface area contributed by atoms with Gasteiger partial charge in [0.05, 0.1) is 31.2 Å². The summed E-state index contributed by atoms with van der Waals surface area (Å²) < 4.78 is 10.9. The smallest absolute Gasteiger partial charge is 0.340 e. The molecule has 4 rings (SSSR count). The molecule has 0 saturated carbocycles. The average molecular weight is 447 g/mol. The number of benzene rings is 1. The van der Waals surface area contributed by atoms with Gasteiger partial charge in [-0.1, -0.05) is 26.0 Å². The fraction of sp³-hybridized carbons (Fsp3) is 0.346. The van der Waals surface area contributed by atoms with Crippen molar-refractivity contribution in [2.75, 3.05) is 37.5 Å². The highest BCUT2D eigenvalue weighted by Gasteiger charge is 2.23. The lowest BCUT2D eigenvalue weighted by atomic mass is 9.92. The van der Waals surface area contributed by atoms with Crippen LogP contribution in [0.4, 0.5) is 17.2 Å². The molecule has 0 unspecified atom stereocenters. The predicted molar refractivity (Wildman–Crippen MR) is 130 cm³/mol. The molecule has 1 atom stereocenters. The number of carbonyl (C=O) groups is 1. The lowest BCUT2D eigenvalue weighted by Crippen LogP contribution is -2.22. The third-order valence-electron chi connectivity index (χ3n) is 6.09. The molecule has 1 N–H and O–H groups in total. The number of carbonyl (C=O) groups excluding carboxylic acids is 1. The second-order valence-electron chi connectivity index (χ2n) is 8.51. The van der Waals surface area contributed by atoms with Crippen LogP contribution in [-0.4, -0.2) is 43.2 Å². The maximum atomic E-state index is 12.0. The Bertz CT molecular complexity index is 1110. The van der Waals surface area contributed by atoms with Crippen LogP contribution in [0.25, 0.3) is 0 Å². The molecular formula is C26H30N4O3. The molecule has 33 heavy (non-hydrogen) atoms. The standard InChI is InChI=1S/C26H30N4O3/c1-17(2)18-5-8-25(29-14-18)30(3)20-6-7-21-19(10-12-33-24(21)13-20)15-28-23-16-27-11-9-22(23)26(31)32-4/h5-9,11,13-14,16-17,19,28H,10,12,15H2,1-4H3/t19-/m0/s1. The van der Waals surface area contributed by atoms with E-state index < -0.39 is 0 Å². The van der Waals surface area contributed by atoms with Crippen molar-refractivity contribution in [1.29, 1.82) is 0 Å². The monoisotopic (exact) mass is 446 g/mol. The van der Waals surface area contributed by atoms with E-state index in [4.69, 9.17) is 9.47 Å². The Labute approximate surface area is 194 Å². The summed E-state index contributed by atoms with van der Waals surface area (Å²) in [4.78, 5) is 22.9. The van der Waals surface area contributed by atoms with Crippen molar-refractivity contribution in [1.82, 2.24) is 9.97 Å². The van der Waals surface area contributed by atoms with Crippen molar-refractivity contribution < 1.29 is 14.3 Å². The molecule has 7 nitrogen and oxygen atoms in total. The quantitative estimate of drug-likeness (QED) is 0.504. The summed E-state index contributed by atoms with van der Waals surface area (Å²) in [6, 6.07) is 12.1. The fourth-order valence-corrected chi connectivity index (χ4v) is 4.00. The minimum Gasteiger partial charge on any atom is -0.493 e. The molecule has 7 heteroatoms. The highest BCUT2D eigenvalue weighted by Crippen LogP contribution is 2.37. The summed E-state index contributed by atoms with van der Waals surface area (Å²) in [7, 11) is 3.39. The van der Waals surface area contributed by atoms with Crippen LogP contribution < -0.4 is 15.0 Å². The van der Waals surface area contributed by atoms with E-state index in [1.807, 2.05) is 13.2 Å². The summed E-state index contributed by atoms with van der Waals surface area (Å²) >= 11 is 0. The molecule has 0 radical (unpaired) electrons. The largest absolute Gasteiger partial charge is 0.493 e. The summed E-state index contributed by atoms with van der Waals surface area (Å²) in [6.45, 7) is 5.64. The summed E-state index contributed by atoms with van der Waals surface area (Å²) in [6.07, 6.45) is 6.07. The summed E-state index contributed by atoms with van der Waals surface area (Å²) in [5, 5.41) is 3.38. The second-order valence-corrected chi connectivity index (χ2v) is 8.51. The van der Waals surface area contributed by atoms with E-state index in [1.54, 1.807) is 18.5 Å². The minimum absolute atomic E-state index is 0.252. The number of methoxy groups -OCH3 is 1. The number of nitrogens with one attached hydrogen (secondary N) is 1. The predicted octanol–water partition coefficient (Wildman–Crippen LogP) is 5.13. The first-order chi connectivity index (χ1) is 16.0. The number of nitrogens with zero attached hydrogens (tertiary/aromatic N) is 3. The molecule has 0 saturated heterocycles. The van der Waals surface area contributed by atoms with Gasteiger partial charge in [0.1, 0.15) is 11.6 Å². The molecule has 1 aliphatic heterocycles. The van der Waals surface area contributed by atoms with E-state index in [0.717, 1.165) is 29.2 Å². The molecule has 3 heterocycles. The molecule has 0 spiro atoms. The van der Waals surface area contributed by atoms with Gasteiger partial charge in [-0.05, 0) is 41.7 Å². The van der Waals surface area contributed by atoms with Crippen LogP contribution in [0.3, 0.4) is 0 Å². The summed E-state index contributed by atoms with van der Waals surface area (Å²) in [5.41, 5.74) is 4.54. The molecule has 0 fully saturated rings. The number of esters is 1. The number of hydrogen-bond donors (Lipinski definition) is 1. The van der Waals surface area contributed by atoms with E-state index in [0.29, 0.717) is 30.3 Å². The van der Waals surface area contributed by atoms with Gasteiger partial charge >= 0.3 is 5.97 Å². The fourth-order valence-electron chi connectivity index (χ4n) is 4.00. The first-order valence-electron chi connectivity index (χ1n) is 11.2. The molecule has 2 aromatic heterocycles. The topological polar surface area (TPSA) is 76.6 Å². The maximum absolute atomic E-state index is 12.0. The lowest BCUT2D eigenvalue weighted by molar-refractivity contribution is 0.0601. The van der Waals surface area contributed by atoms with Crippen LogP contribution in [0.1, 0.15) is 53.6 Å². The van der Waals surface area contributed by atoms with E-state index in [1.165, 1.54) is 12.7 Å². The Kier molecular flexibility index (Phi) is 6.77. The number of ether oxygens (including phenoxy) is 2. The SMILES string of the molecule is COC(=O)c1ccncc1NC[C@@H]1CCOc2cc(N(C)c3ccc(C(C)C)cn3)ccc21. The number of anilines is 3. The van der Waals surface area contributed by atoms with Crippen molar-refractivity contribution in [2.24, 2.45) is 0 Å². The van der Waals surface area contributed by atoms with Crippen LogP contribution in [-0.2, 0) is 4.74 Å². The number of aromatic nitrogens is 2. The van der Waals surface area contributed by atoms with Crippen LogP contribution in [0.2, 0.25) is 0 Å². The van der Waals surface area contributed by atoms with E-state index in [-0.39, 0.29) is 11.9 Å². The van der Waals surface area contributed by atoms with Gasteiger partial charge in [-0.25, -0.2) is 9.78 Å². The van der Waals surface area contributed by atoms with Crippen LogP contribution >= 0.6 is 0 Å². The molecule has 0 amide bonds. The molecule has 0 aliphatic carbocycles. The van der Waals surface area contributed by atoms with Crippen LogP contribution in [0.5, 0.6) is 5.75 Å². The van der Waals surface area contributed by atoms with Crippen molar-refractivity contribution >= 4 is 23.2 Å². The number of rotatable bonds is 7. The zero-order chi connectivity index (χ0) is 23.4. The normalized spacial score (nSPS) is 14.9. The first-order valence-corrected chi connectivity index (χ1v) is 11.2. The average Bonchev–Trinajstić information content (AvgIpc) is 2.86. The van der Waals surface area contributed by atoms with Gasteiger partial charge in [0.15, 0.2) is 0 Å². The zero-order valence-electron chi connectivity index (χ0n) is 19.5. The number of fused-ring (bicyclic) bond motifs is 1. The molecule has 1 aromatic carbocycles. The highest BCUT2D eigenvalue weighted by molar-refractivity contribution is 5.95. The van der Waals surface area contributed by atoms with Gasteiger partial charge in [0.2, 0.25) is 0 Å². The van der Waals surface area contributed by atoms with Gasteiger partial charge in [-0.2, -0.15) is 0 Å². The molecule has 172 valence electrons.